The van der Waals surface area contributed by atoms with Gasteiger partial charge in [-0.1, -0.05) is 12.1 Å². The van der Waals surface area contributed by atoms with E-state index >= 15 is 0 Å². The van der Waals surface area contributed by atoms with Gasteiger partial charge in [0.15, 0.2) is 0 Å². The number of hydrogen-bond donors (Lipinski definition) is 1. The van der Waals surface area contributed by atoms with Crippen LogP contribution in [-0.4, -0.2) is 55.1 Å². The van der Waals surface area contributed by atoms with E-state index in [9.17, 15) is 14.9 Å². The molecule has 0 radical (unpaired) electrons. The summed E-state index contributed by atoms with van der Waals surface area (Å²) in [6, 6.07) is 6.47. The number of nitro benzene ring substituents is 1. The van der Waals surface area contributed by atoms with Crippen molar-refractivity contribution in [3.05, 3.63) is 39.9 Å². The Labute approximate surface area is 123 Å². The summed E-state index contributed by atoms with van der Waals surface area (Å²) in [6.45, 7) is 3.50. The Morgan fingerprint density at radius 1 is 1.29 bits per heavy atom. The number of non-ortho nitro benzene ring substituents is 1. The molecule has 7 heteroatoms. The van der Waals surface area contributed by atoms with Crippen molar-refractivity contribution in [2.45, 2.75) is 6.42 Å². The van der Waals surface area contributed by atoms with E-state index < -0.39 is 4.92 Å². The van der Waals surface area contributed by atoms with Gasteiger partial charge in [-0.15, -0.1) is 0 Å². The molecule has 0 bridgehead atoms. The van der Waals surface area contributed by atoms with Crippen LogP contribution in [0.5, 0.6) is 0 Å². The number of benzene rings is 1. The summed E-state index contributed by atoms with van der Waals surface area (Å²) in [4.78, 5) is 23.8. The number of ether oxygens (including phenoxy) is 1. The molecular formula is C14H19N3O4. The van der Waals surface area contributed by atoms with Gasteiger partial charge in [-0.3, -0.25) is 14.9 Å². The highest BCUT2D eigenvalue weighted by Crippen LogP contribution is 2.11. The van der Waals surface area contributed by atoms with E-state index in [0.29, 0.717) is 39.4 Å². The summed E-state index contributed by atoms with van der Waals surface area (Å²) >= 11 is 0. The maximum absolute atomic E-state index is 11.9. The smallest absolute Gasteiger partial charge is 0.269 e. The maximum atomic E-state index is 11.9. The normalized spacial score (nSPS) is 15.0. The highest BCUT2D eigenvalue weighted by molar-refractivity contribution is 5.78. The number of morpholine rings is 1. The molecule has 1 fully saturated rings. The minimum Gasteiger partial charge on any atom is -0.378 e. The number of carbonyl (C=O) groups excluding carboxylic acids is 1. The molecule has 21 heavy (non-hydrogen) atoms. The van der Waals surface area contributed by atoms with Crippen LogP contribution in [0.25, 0.3) is 0 Å². The lowest BCUT2D eigenvalue weighted by Gasteiger charge is -2.26. The number of amides is 1. The molecule has 0 spiro atoms. The average Bonchev–Trinajstić information content (AvgIpc) is 2.52. The van der Waals surface area contributed by atoms with Gasteiger partial charge in [0, 0.05) is 25.2 Å². The molecule has 1 saturated heterocycles. The van der Waals surface area contributed by atoms with Gasteiger partial charge in [0.2, 0.25) is 5.91 Å². The Hall–Kier alpha value is -1.99. The second-order valence-electron chi connectivity index (χ2n) is 4.84. The monoisotopic (exact) mass is 293 g/mol. The third kappa shape index (κ3) is 4.80. The van der Waals surface area contributed by atoms with Gasteiger partial charge in [0.05, 0.1) is 24.7 Å². The van der Waals surface area contributed by atoms with Crippen LogP contribution in [0.3, 0.4) is 0 Å². The molecule has 0 aliphatic carbocycles. The van der Waals surface area contributed by atoms with Crippen molar-refractivity contribution in [3.63, 3.8) is 0 Å². The number of nitrogens with zero attached hydrogens (tertiary/aromatic N) is 2. The summed E-state index contributed by atoms with van der Waals surface area (Å²) in [7, 11) is 0. The molecule has 1 heterocycles. The predicted molar refractivity (Wildman–Crippen MR) is 77.1 cm³/mol. The molecule has 114 valence electrons. The second-order valence-corrected chi connectivity index (χ2v) is 4.84. The van der Waals surface area contributed by atoms with Gasteiger partial charge in [0.25, 0.3) is 5.69 Å². The van der Waals surface area contributed by atoms with Crippen molar-refractivity contribution in [2.75, 3.05) is 39.4 Å². The lowest BCUT2D eigenvalue weighted by Crippen LogP contribution is -2.44. The first-order chi connectivity index (χ1) is 10.2. The average molecular weight is 293 g/mol. The van der Waals surface area contributed by atoms with Crippen molar-refractivity contribution in [2.24, 2.45) is 0 Å². The molecule has 7 nitrogen and oxygen atoms in total. The van der Waals surface area contributed by atoms with E-state index in [-0.39, 0.29) is 11.6 Å². The lowest BCUT2D eigenvalue weighted by molar-refractivity contribution is -0.384. The second kappa shape index (κ2) is 7.70. The Morgan fingerprint density at radius 2 is 1.95 bits per heavy atom. The molecule has 1 N–H and O–H groups in total. The van der Waals surface area contributed by atoms with E-state index in [2.05, 4.69) is 5.32 Å². The molecule has 1 aromatic carbocycles. The number of rotatable bonds is 6. The first kappa shape index (κ1) is 15.4. The van der Waals surface area contributed by atoms with Crippen molar-refractivity contribution in [3.8, 4) is 0 Å². The van der Waals surface area contributed by atoms with Crippen molar-refractivity contribution in [1.82, 2.24) is 10.2 Å². The standard InChI is InChI=1S/C14H19N3O4/c18-14(16-7-9-21-10-8-16)11-15-6-5-12-1-3-13(4-2-12)17(19)20/h1-4,15H,5-11H2. The van der Waals surface area contributed by atoms with Crippen LogP contribution >= 0.6 is 0 Å². The van der Waals surface area contributed by atoms with E-state index in [1.54, 1.807) is 17.0 Å². The van der Waals surface area contributed by atoms with Gasteiger partial charge >= 0.3 is 0 Å². The zero-order valence-corrected chi connectivity index (χ0v) is 11.8. The van der Waals surface area contributed by atoms with Crippen LogP contribution in [0.15, 0.2) is 24.3 Å². The van der Waals surface area contributed by atoms with Crippen LogP contribution in [0.2, 0.25) is 0 Å². The molecule has 1 aromatic rings. The topological polar surface area (TPSA) is 84.7 Å². The van der Waals surface area contributed by atoms with Crippen LogP contribution < -0.4 is 5.32 Å². The first-order valence-corrected chi connectivity index (χ1v) is 6.96. The lowest BCUT2D eigenvalue weighted by atomic mass is 10.1. The van der Waals surface area contributed by atoms with E-state index in [4.69, 9.17) is 4.74 Å². The zero-order valence-electron chi connectivity index (χ0n) is 11.8. The summed E-state index contributed by atoms with van der Waals surface area (Å²) < 4.78 is 5.20. The van der Waals surface area contributed by atoms with Crippen molar-refractivity contribution < 1.29 is 14.5 Å². The molecule has 1 amide bonds. The van der Waals surface area contributed by atoms with E-state index in [1.807, 2.05) is 0 Å². The fourth-order valence-electron chi connectivity index (χ4n) is 2.14. The summed E-state index contributed by atoms with van der Waals surface area (Å²) in [6.07, 6.45) is 0.731. The fourth-order valence-corrected chi connectivity index (χ4v) is 2.14. The third-order valence-corrected chi connectivity index (χ3v) is 3.38. The van der Waals surface area contributed by atoms with Crippen molar-refractivity contribution in [1.29, 1.82) is 0 Å². The molecule has 1 aliphatic rings. The fraction of sp³-hybridized carbons (Fsp3) is 0.500. The van der Waals surface area contributed by atoms with Gasteiger partial charge in [-0.2, -0.15) is 0 Å². The molecule has 1 aliphatic heterocycles. The van der Waals surface area contributed by atoms with Gasteiger partial charge in [-0.05, 0) is 18.5 Å². The van der Waals surface area contributed by atoms with E-state index in [0.717, 1.165) is 12.0 Å². The maximum Gasteiger partial charge on any atom is 0.269 e. The van der Waals surface area contributed by atoms with Crippen LogP contribution in [0.4, 0.5) is 5.69 Å². The first-order valence-electron chi connectivity index (χ1n) is 6.96. The van der Waals surface area contributed by atoms with Crippen LogP contribution in [-0.2, 0) is 16.0 Å². The molecule has 0 saturated carbocycles. The van der Waals surface area contributed by atoms with Gasteiger partial charge < -0.3 is 15.0 Å². The van der Waals surface area contributed by atoms with Gasteiger partial charge in [-0.25, -0.2) is 0 Å². The Bertz CT molecular complexity index is 483. The predicted octanol–water partition coefficient (Wildman–Crippen LogP) is 0.586. The summed E-state index contributed by atoms with van der Waals surface area (Å²) in [5.74, 6) is 0.0852. The minimum atomic E-state index is -0.414. The zero-order chi connectivity index (χ0) is 15.1. The quantitative estimate of drug-likeness (QED) is 0.471. The summed E-state index contributed by atoms with van der Waals surface area (Å²) in [5.41, 5.74) is 1.10. The Morgan fingerprint density at radius 3 is 2.57 bits per heavy atom. The van der Waals surface area contributed by atoms with Gasteiger partial charge in [0.1, 0.15) is 0 Å². The Kier molecular flexibility index (Phi) is 5.65. The SMILES string of the molecule is O=C(CNCCc1ccc([N+](=O)[O-])cc1)N1CCOCC1. The molecule has 0 aromatic heterocycles. The number of hydrogen-bond acceptors (Lipinski definition) is 5. The third-order valence-electron chi connectivity index (χ3n) is 3.38. The molecule has 2 rings (SSSR count). The number of nitro groups is 1. The number of carbonyl (C=O) groups is 1. The minimum absolute atomic E-state index is 0.0852. The number of nitrogens with one attached hydrogen (secondary N) is 1. The Balaban J connectivity index is 1.67. The van der Waals surface area contributed by atoms with Crippen LogP contribution in [0, 0.1) is 10.1 Å². The van der Waals surface area contributed by atoms with Crippen molar-refractivity contribution >= 4 is 11.6 Å². The highest BCUT2D eigenvalue weighted by Gasteiger charge is 2.15. The molecule has 0 atom stereocenters. The molecular weight excluding hydrogens is 274 g/mol. The van der Waals surface area contributed by atoms with E-state index in [1.165, 1.54) is 12.1 Å². The highest BCUT2D eigenvalue weighted by atomic mass is 16.6. The molecule has 0 unspecified atom stereocenters. The van der Waals surface area contributed by atoms with Crippen LogP contribution in [0.1, 0.15) is 5.56 Å². The summed E-state index contributed by atoms with van der Waals surface area (Å²) in [5, 5.41) is 13.6. The largest absolute Gasteiger partial charge is 0.378 e.